The summed E-state index contributed by atoms with van der Waals surface area (Å²) in [5, 5.41) is 0.894. The van der Waals surface area contributed by atoms with Gasteiger partial charge in [-0.2, -0.15) is 0 Å². The molecule has 0 aliphatic heterocycles. The first-order valence-electron chi connectivity index (χ1n) is 9.19. The predicted octanol–water partition coefficient (Wildman–Crippen LogP) is 4.51. The van der Waals surface area contributed by atoms with E-state index in [1.54, 1.807) is 21.3 Å². The van der Waals surface area contributed by atoms with Crippen molar-refractivity contribution in [3.63, 3.8) is 0 Å². The number of methoxy groups -OCH3 is 3. The van der Waals surface area contributed by atoms with Crippen molar-refractivity contribution in [2.24, 2.45) is 0 Å². The van der Waals surface area contributed by atoms with E-state index in [1.807, 2.05) is 37.2 Å². The lowest BCUT2D eigenvalue weighted by atomic mass is 10.00. The molecule has 0 radical (unpaired) electrons. The molecule has 0 saturated carbocycles. The zero-order valence-electron chi connectivity index (χ0n) is 17.5. The molecule has 0 aliphatic rings. The van der Waals surface area contributed by atoms with Crippen LogP contribution in [0, 0.1) is 0 Å². The summed E-state index contributed by atoms with van der Waals surface area (Å²) >= 11 is 0. The van der Waals surface area contributed by atoms with E-state index in [0.29, 0.717) is 23.2 Å². The molecule has 0 aliphatic carbocycles. The summed E-state index contributed by atoms with van der Waals surface area (Å²) in [7, 11) is 8.83. The van der Waals surface area contributed by atoms with Crippen LogP contribution in [0.25, 0.3) is 22.3 Å². The molecule has 0 N–H and O–H groups in total. The van der Waals surface area contributed by atoms with Gasteiger partial charge in [-0.25, -0.2) is 9.97 Å². The van der Waals surface area contributed by atoms with Crippen molar-refractivity contribution >= 4 is 16.7 Å². The Bertz CT molecular complexity index is 1000. The highest BCUT2D eigenvalue weighted by molar-refractivity contribution is 5.93. The monoisotopic (exact) mass is 381 g/mol. The Hall–Kier alpha value is -3.02. The summed E-state index contributed by atoms with van der Waals surface area (Å²) in [4.78, 5) is 11.6. The number of benzene rings is 2. The van der Waals surface area contributed by atoms with E-state index in [1.165, 1.54) is 5.56 Å². The molecule has 1 heterocycles. The average Bonchev–Trinajstić information content (AvgIpc) is 2.70. The van der Waals surface area contributed by atoms with Crippen LogP contribution in [0.3, 0.4) is 0 Å². The summed E-state index contributed by atoms with van der Waals surface area (Å²) in [5.74, 6) is 3.83. The van der Waals surface area contributed by atoms with Gasteiger partial charge < -0.3 is 19.1 Å². The van der Waals surface area contributed by atoms with Crippen molar-refractivity contribution < 1.29 is 14.2 Å². The molecule has 1 aromatic heterocycles. The van der Waals surface area contributed by atoms with Crippen molar-refractivity contribution in [3.05, 3.63) is 35.9 Å². The number of fused-ring (bicyclic) bond motifs is 1. The second kappa shape index (κ2) is 7.92. The van der Waals surface area contributed by atoms with Gasteiger partial charge in [-0.1, -0.05) is 19.9 Å². The molecule has 3 rings (SSSR count). The Kier molecular flexibility index (Phi) is 5.58. The topological polar surface area (TPSA) is 56.7 Å². The van der Waals surface area contributed by atoms with Gasteiger partial charge in [0, 0.05) is 25.5 Å². The molecule has 0 unspecified atom stereocenters. The lowest BCUT2D eigenvalue weighted by Gasteiger charge is -2.18. The zero-order chi connectivity index (χ0) is 20.4. The van der Waals surface area contributed by atoms with Crippen molar-refractivity contribution in [1.82, 2.24) is 9.97 Å². The Labute approximate surface area is 166 Å². The van der Waals surface area contributed by atoms with Crippen LogP contribution in [0.5, 0.6) is 17.2 Å². The van der Waals surface area contributed by atoms with Crippen LogP contribution < -0.4 is 19.1 Å². The van der Waals surface area contributed by atoms with Gasteiger partial charge in [0.2, 0.25) is 0 Å². The highest BCUT2D eigenvalue weighted by Gasteiger charge is 2.18. The van der Waals surface area contributed by atoms with Gasteiger partial charge in [0.15, 0.2) is 17.3 Å². The Balaban J connectivity index is 2.32. The molecule has 0 spiro atoms. The Morgan fingerprint density at radius 3 is 2.04 bits per heavy atom. The van der Waals surface area contributed by atoms with E-state index in [9.17, 15) is 0 Å². The van der Waals surface area contributed by atoms with Crippen molar-refractivity contribution in [1.29, 1.82) is 0 Å². The zero-order valence-corrected chi connectivity index (χ0v) is 17.5. The number of rotatable bonds is 6. The molecule has 0 bridgehead atoms. The molecule has 6 nitrogen and oxygen atoms in total. The lowest BCUT2D eigenvalue weighted by molar-refractivity contribution is 0.356. The normalized spacial score (nSPS) is 11.0. The summed E-state index contributed by atoms with van der Waals surface area (Å²) < 4.78 is 16.5. The molecular formula is C22H27N3O3. The van der Waals surface area contributed by atoms with Gasteiger partial charge in [0.1, 0.15) is 11.6 Å². The average molecular weight is 381 g/mol. The van der Waals surface area contributed by atoms with Gasteiger partial charge in [0.25, 0.3) is 0 Å². The van der Waals surface area contributed by atoms with E-state index in [2.05, 4.69) is 26.0 Å². The van der Waals surface area contributed by atoms with Crippen LogP contribution in [-0.2, 0) is 0 Å². The molecule has 6 heteroatoms. The van der Waals surface area contributed by atoms with Crippen LogP contribution in [0.4, 0.5) is 5.82 Å². The first kappa shape index (κ1) is 19.7. The molecule has 3 aromatic rings. The van der Waals surface area contributed by atoms with E-state index in [0.717, 1.165) is 28.0 Å². The van der Waals surface area contributed by atoms with Gasteiger partial charge in [-0.3, -0.25) is 0 Å². The Morgan fingerprint density at radius 2 is 1.46 bits per heavy atom. The lowest BCUT2D eigenvalue weighted by Crippen LogP contribution is -2.12. The van der Waals surface area contributed by atoms with Gasteiger partial charge in [0.05, 0.1) is 32.4 Å². The summed E-state index contributed by atoms with van der Waals surface area (Å²) in [6.07, 6.45) is 0. The highest BCUT2D eigenvalue weighted by atomic mass is 16.5. The summed E-state index contributed by atoms with van der Waals surface area (Å²) in [6.45, 7) is 4.32. The quantitative estimate of drug-likeness (QED) is 0.626. The third-order valence-electron chi connectivity index (χ3n) is 4.74. The van der Waals surface area contributed by atoms with E-state index >= 15 is 0 Å². The number of nitrogens with zero attached hydrogens (tertiary/aromatic N) is 3. The largest absolute Gasteiger partial charge is 0.496 e. The first-order valence-corrected chi connectivity index (χ1v) is 9.19. The molecule has 0 amide bonds. The molecular weight excluding hydrogens is 354 g/mol. The van der Waals surface area contributed by atoms with E-state index in [4.69, 9.17) is 24.2 Å². The fourth-order valence-corrected chi connectivity index (χ4v) is 3.16. The number of hydrogen-bond donors (Lipinski definition) is 0. The SMILES string of the molecule is COc1cc2nc(-c3cc(C(C)C)ccc3OC)nc(N(C)C)c2cc1OC. The second-order valence-electron chi connectivity index (χ2n) is 7.10. The maximum absolute atomic E-state index is 5.59. The maximum atomic E-state index is 5.59. The van der Waals surface area contributed by atoms with Crippen LogP contribution in [0.2, 0.25) is 0 Å². The molecule has 2 aromatic carbocycles. The number of anilines is 1. The summed E-state index contributed by atoms with van der Waals surface area (Å²) in [5.41, 5.74) is 2.86. The minimum absolute atomic E-state index is 0.391. The third-order valence-corrected chi connectivity index (χ3v) is 4.74. The van der Waals surface area contributed by atoms with Crippen LogP contribution in [0.15, 0.2) is 30.3 Å². The standard InChI is InChI=1S/C22H27N3O3/c1-13(2)14-8-9-18(26-5)16(10-14)21-23-17-12-20(28-7)19(27-6)11-15(17)22(24-21)25(3)4/h8-13H,1-7H3. The molecule has 0 saturated heterocycles. The predicted molar refractivity (Wildman–Crippen MR) is 113 cm³/mol. The fraction of sp³-hybridized carbons (Fsp3) is 0.364. The van der Waals surface area contributed by atoms with Crippen LogP contribution in [0.1, 0.15) is 25.3 Å². The van der Waals surface area contributed by atoms with E-state index < -0.39 is 0 Å². The fourth-order valence-electron chi connectivity index (χ4n) is 3.16. The second-order valence-corrected chi connectivity index (χ2v) is 7.10. The molecule has 148 valence electrons. The first-order chi connectivity index (χ1) is 13.4. The summed E-state index contributed by atoms with van der Waals surface area (Å²) in [6, 6.07) is 9.95. The minimum Gasteiger partial charge on any atom is -0.496 e. The maximum Gasteiger partial charge on any atom is 0.165 e. The van der Waals surface area contributed by atoms with Crippen molar-refractivity contribution in [3.8, 4) is 28.6 Å². The van der Waals surface area contributed by atoms with Gasteiger partial charge >= 0.3 is 0 Å². The number of hydrogen-bond acceptors (Lipinski definition) is 6. The Morgan fingerprint density at radius 1 is 0.821 bits per heavy atom. The van der Waals surface area contributed by atoms with Crippen LogP contribution in [-0.4, -0.2) is 45.4 Å². The van der Waals surface area contributed by atoms with E-state index in [-0.39, 0.29) is 0 Å². The molecule has 28 heavy (non-hydrogen) atoms. The smallest absolute Gasteiger partial charge is 0.165 e. The molecule has 0 atom stereocenters. The van der Waals surface area contributed by atoms with Crippen molar-refractivity contribution in [2.75, 3.05) is 40.3 Å². The van der Waals surface area contributed by atoms with Gasteiger partial charge in [-0.05, 0) is 29.7 Å². The number of aromatic nitrogens is 2. The minimum atomic E-state index is 0.391. The highest BCUT2D eigenvalue weighted by Crippen LogP contribution is 2.38. The molecule has 0 fully saturated rings. The van der Waals surface area contributed by atoms with Crippen molar-refractivity contribution in [2.45, 2.75) is 19.8 Å². The third kappa shape index (κ3) is 3.54. The van der Waals surface area contributed by atoms with Crippen LogP contribution >= 0.6 is 0 Å². The van der Waals surface area contributed by atoms with Gasteiger partial charge in [-0.15, -0.1) is 0 Å². The number of ether oxygens (including phenoxy) is 3.